The molecule has 2 heterocycles. The van der Waals surface area contributed by atoms with Crippen LogP contribution in [0.25, 0.3) is 0 Å². The fraction of sp³-hybridized carbons (Fsp3) is 0.444. The van der Waals surface area contributed by atoms with Crippen molar-refractivity contribution in [1.29, 1.82) is 0 Å². The van der Waals surface area contributed by atoms with Gasteiger partial charge in [0.25, 0.3) is 0 Å². The zero-order chi connectivity index (χ0) is 17.7. The van der Waals surface area contributed by atoms with Crippen LogP contribution >= 0.6 is 12.4 Å². The lowest BCUT2D eigenvalue weighted by atomic mass is 10.1. The molecule has 1 aliphatic rings. The molecule has 1 fully saturated rings. The molecule has 1 aromatic carbocycles. The van der Waals surface area contributed by atoms with Crippen LogP contribution in [0.2, 0.25) is 0 Å². The summed E-state index contributed by atoms with van der Waals surface area (Å²) in [5.41, 5.74) is 0. The van der Waals surface area contributed by atoms with Crippen LogP contribution in [0.3, 0.4) is 0 Å². The first kappa shape index (κ1) is 20.8. The Morgan fingerprint density at radius 1 is 1.15 bits per heavy atom. The second-order valence-corrected chi connectivity index (χ2v) is 7.87. The molecule has 26 heavy (non-hydrogen) atoms. The summed E-state index contributed by atoms with van der Waals surface area (Å²) < 4.78 is 38.9. The molecule has 0 spiro atoms. The van der Waals surface area contributed by atoms with E-state index in [1.54, 1.807) is 30.5 Å². The molecule has 0 amide bonds. The van der Waals surface area contributed by atoms with Crippen molar-refractivity contribution in [2.75, 3.05) is 26.7 Å². The van der Waals surface area contributed by atoms with Gasteiger partial charge in [0.05, 0.1) is 19.4 Å². The Kier molecular flexibility index (Phi) is 7.52. The van der Waals surface area contributed by atoms with Gasteiger partial charge in [0.15, 0.2) is 0 Å². The lowest BCUT2D eigenvalue weighted by molar-refractivity contribution is 0.147. The molecular formula is C18H25ClN2O4S. The van der Waals surface area contributed by atoms with Crippen LogP contribution in [0.15, 0.2) is 52.0 Å². The van der Waals surface area contributed by atoms with Crippen molar-refractivity contribution in [1.82, 2.24) is 9.62 Å². The summed E-state index contributed by atoms with van der Waals surface area (Å²) >= 11 is 0. The van der Waals surface area contributed by atoms with Gasteiger partial charge in [0.2, 0.25) is 10.0 Å². The summed E-state index contributed by atoms with van der Waals surface area (Å²) in [6, 6.07) is 10.2. The van der Waals surface area contributed by atoms with Crippen LogP contribution in [0.1, 0.15) is 31.1 Å². The number of sulfonamides is 1. The number of nitrogens with one attached hydrogen (secondary N) is 1. The lowest BCUT2D eigenvalue weighted by Gasteiger charge is -2.33. The Hall–Kier alpha value is -1.54. The van der Waals surface area contributed by atoms with E-state index in [1.165, 1.54) is 13.5 Å². The van der Waals surface area contributed by atoms with Gasteiger partial charge >= 0.3 is 0 Å². The van der Waals surface area contributed by atoms with Gasteiger partial charge in [-0.05, 0) is 50.2 Å². The van der Waals surface area contributed by atoms with Crippen molar-refractivity contribution in [2.45, 2.75) is 30.2 Å². The number of methoxy groups -OCH3 is 1. The van der Waals surface area contributed by atoms with Gasteiger partial charge in [-0.2, -0.15) is 0 Å². The Balaban J connectivity index is 0.00000243. The number of nitrogens with zero attached hydrogens (tertiary/aromatic N) is 1. The van der Waals surface area contributed by atoms with Gasteiger partial charge in [0, 0.05) is 6.54 Å². The highest BCUT2D eigenvalue weighted by Crippen LogP contribution is 2.26. The molecular weight excluding hydrogens is 376 g/mol. The lowest BCUT2D eigenvalue weighted by Crippen LogP contribution is -2.40. The summed E-state index contributed by atoms with van der Waals surface area (Å²) in [4.78, 5) is 2.43. The number of rotatable bonds is 7. The zero-order valence-corrected chi connectivity index (χ0v) is 16.4. The minimum Gasteiger partial charge on any atom is -0.495 e. The van der Waals surface area contributed by atoms with Crippen molar-refractivity contribution in [3.8, 4) is 5.75 Å². The van der Waals surface area contributed by atoms with Crippen LogP contribution < -0.4 is 9.46 Å². The van der Waals surface area contributed by atoms with Crippen molar-refractivity contribution in [3.63, 3.8) is 0 Å². The molecule has 2 aromatic rings. The SMILES string of the molecule is COc1ccccc1S(=O)(=O)NCC(c1ccco1)N1CCCCC1.Cl. The van der Waals surface area contributed by atoms with E-state index in [0.717, 1.165) is 31.7 Å². The zero-order valence-electron chi connectivity index (χ0n) is 14.8. The van der Waals surface area contributed by atoms with E-state index in [2.05, 4.69) is 9.62 Å². The predicted octanol–water partition coefficient (Wildman–Crippen LogP) is 3.22. The summed E-state index contributed by atoms with van der Waals surface area (Å²) in [5, 5.41) is 0. The number of ether oxygens (including phenoxy) is 1. The van der Waals surface area contributed by atoms with Gasteiger partial charge in [0.1, 0.15) is 16.4 Å². The normalized spacial score (nSPS) is 16.7. The summed E-state index contributed by atoms with van der Waals surface area (Å²) in [7, 11) is -2.21. The van der Waals surface area contributed by atoms with E-state index in [1.807, 2.05) is 12.1 Å². The molecule has 1 N–H and O–H groups in total. The van der Waals surface area contributed by atoms with E-state index in [0.29, 0.717) is 5.75 Å². The van der Waals surface area contributed by atoms with E-state index < -0.39 is 10.0 Å². The number of piperidine rings is 1. The summed E-state index contributed by atoms with van der Waals surface area (Å²) in [6.07, 6.45) is 5.09. The molecule has 0 bridgehead atoms. The Bertz CT molecular complexity index is 774. The second kappa shape index (κ2) is 9.41. The van der Waals surface area contributed by atoms with E-state index in [-0.39, 0.29) is 29.9 Å². The molecule has 1 aliphatic heterocycles. The summed E-state index contributed by atoms with van der Waals surface area (Å²) in [5.74, 6) is 1.12. The number of halogens is 1. The van der Waals surface area contributed by atoms with E-state index in [4.69, 9.17) is 9.15 Å². The highest BCUT2D eigenvalue weighted by molar-refractivity contribution is 7.89. The van der Waals surface area contributed by atoms with Gasteiger partial charge in [-0.3, -0.25) is 4.90 Å². The maximum Gasteiger partial charge on any atom is 0.244 e. The van der Waals surface area contributed by atoms with Crippen molar-refractivity contribution in [3.05, 3.63) is 48.4 Å². The highest BCUT2D eigenvalue weighted by atomic mass is 35.5. The summed E-state index contributed by atoms with van der Waals surface area (Å²) in [6.45, 7) is 2.15. The van der Waals surface area contributed by atoms with Crippen molar-refractivity contribution < 1.29 is 17.6 Å². The standard InChI is InChI=1S/C18H24N2O4S.ClH/c1-23-17-8-3-4-10-18(17)25(21,22)19-14-15(16-9-7-13-24-16)20-11-5-2-6-12-20;/h3-4,7-10,13,15,19H,2,5-6,11-12,14H2,1H3;1H. The van der Waals surface area contributed by atoms with E-state index >= 15 is 0 Å². The number of benzene rings is 1. The third-order valence-electron chi connectivity index (χ3n) is 4.53. The van der Waals surface area contributed by atoms with E-state index in [9.17, 15) is 8.42 Å². The molecule has 1 aromatic heterocycles. The van der Waals surface area contributed by atoms with Crippen LogP contribution in [-0.2, 0) is 10.0 Å². The van der Waals surface area contributed by atoms with Gasteiger partial charge in [-0.15, -0.1) is 12.4 Å². The van der Waals surface area contributed by atoms with Crippen LogP contribution in [0.4, 0.5) is 0 Å². The van der Waals surface area contributed by atoms with Gasteiger partial charge in [-0.25, -0.2) is 13.1 Å². The number of likely N-dealkylation sites (tertiary alicyclic amines) is 1. The molecule has 144 valence electrons. The van der Waals surface area contributed by atoms with Crippen LogP contribution in [0, 0.1) is 0 Å². The number of furan rings is 1. The molecule has 0 saturated carbocycles. The fourth-order valence-corrected chi connectivity index (χ4v) is 4.43. The molecule has 1 saturated heterocycles. The Morgan fingerprint density at radius 3 is 2.54 bits per heavy atom. The second-order valence-electron chi connectivity index (χ2n) is 6.13. The first-order valence-electron chi connectivity index (χ1n) is 8.52. The molecule has 0 aliphatic carbocycles. The average Bonchev–Trinajstić information content (AvgIpc) is 3.17. The molecule has 8 heteroatoms. The molecule has 3 rings (SSSR count). The predicted molar refractivity (Wildman–Crippen MR) is 102 cm³/mol. The first-order valence-corrected chi connectivity index (χ1v) is 10.0. The quantitative estimate of drug-likeness (QED) is 0.772. The largest absolute Gasteiger partial charge is 0.495 e. The monoisotopic (exact) mass is 400 g/mol. The molecule has 1 atom stereocenters. The molecule has 6 nitrogen and oxygen atoms in total. The molecule has 1 unspecified atom stereocenters. The van der Waals surface area contributed by atoms with Gasteiger partial charge < -0.3 is 9.15 Å². The number of para-hydroxylation sites is 1. The molecule has 0 radical (unpaired) electrons. The number of hydrogen-bond donors (Lipinski definition) is 1. The third-order valence-corrected chi connectivity index (χ3v) is 5.99. The maximum absolute atomic E-state index is 12.7. The number of hydrogen-bond acceptors (Lipinski definition) is 5. The highest BCUT2D eigenvalue weighted by Gasteiger charge is 2.27. The van der Waals surface area contributed by atoms with Crippen molar-refractivity contribution in [2.24, 2.45) is 0 Å². The minimum atomic E-state index is -3.67. The first-order chi connectivity index (χ1) is 12.1. The Morgan fingerprint density at radius 2 is 1.88 bits per heavy atom. The minimum absolute atomic E-state index is 0. The van der Waals surface area contributed by atoms with Crippen LogP contribution in [-0.4, -0.2) is 40.1 Å². The fourth-order valence-electron chi connectivity index (χ4n) is 3.23. The van der Waals surface area contributed by atoms with Crippen LogP contribution in [0.5, 0.6) is 5.75 Å². The van der Waals surface area contributed by atoms with Crippen molar-refractivity contribution >= 4 is 22.4 Å². The van der Waals surface area contributed by atoms with Gasteiger partial charge in [-0.1, -0.05) is 18.6 Å². The topological polar surface area (TPSA) is 71.8 Å². The Labute approximate surface area is 161 Å². The smallest absolute Gasteiger partial charge is 0.244 e. The third kappa shape index (κ3) is 4.79. The maximum atomic E-state index is 12.7. The average molecular weight is 401 g/mol.